The number of nitrogens with one attached hydrogen (secondary N) is 2. The summed E-state index contributed by atoms with van der Waals surface area (Å²) >= 11 is 0. The molecule has 3 heterocycles. The molecular weight excluding hydrogens is 390 g/mol. The van der Waals surface area contributed by atoms with Crippen LogP contribution in [-0.4, -0.2) is 32.0 Å². The highest BCUT2D eigenvalue weighted by Crippen LogP contribution is 2.19. The lowest BCUT2D eigenvalue weighted by atomic mass is 10.1. The summed E-state index contributed by atoms with van der Waals surface area (Å²) < 4.78 is 7.49. The molecule has 0 aliphatic rings. The number of oxazole rings is 1. The van der Waals surface area contributed by atoms with E-state index in [-0.39, 0.29) is 0 Å². The van der Waals surface area contributed by atoms with Crippen molar-refractivity contribution in [3.8, 4) is 17.3 Å². The number of rotatable bonds is 7. The van der Waals surface area contributed by atoms with Crippen molar-refractivity contribution in [1.29, 1.82) is 0 Å². The maximum absolute atomic E-state index is 5.63. The second-order valence-electron chi connectivity index (χ2n) is 7.05. The van der Waals surface area contributed by atoms with Crippen LogP contribution in [0.2, 0.25) is 0 Å². The molecule has 0 amide bonds. The first-order valence-electron chi connectivity index (χ1n) is 10.2. The topological polar surface area (TPSA) is 93.2 Å². The molecule has 3 aromatic heterocycles. The van der Waals surface area contributed by atoms with Crippen LogP contribution in [0.25, 0.3) is 17.3 Å². The Morgan fingerprint density at radius 1 is 1.13 bits per heavy atom. The van der Waals surface area contributed by atoms with Crippen LogP contribution in [0.15, 0.2) is 77.0 Å². The van der Waals surface area contributed by atoms with E-state index in [1.165, 1.54) is 5.56 Å². The van der Waals surface area contributed by atoms with Crippen molar-refractivity contribution in [2.45, 2.75) is 26.9 Å². The van der Waals surface area contributed by atoms with Crippen LogP contribution in [0.5, 0.6) is 0 Å². The number of hydrogen-bond donors (Lipinski definition) is 2. The van der Waals surface area contributed by atoms with Gasteiger partial charge >= 0.3 is 0 Å². The molecule has 8 nitrogen and oxygen atoms in total. The Labute approximate surface area is 181 Å². The van der Waals surface area contributed by atoms with Gasteiger partial charge in [-0.05, 0) is 37.6 Å². The summed E-state index contributed by atoms with van der Waals surface area (Å²) in [5, 5.41) is 6.55. The van der Waals surface area contributed by atoms with Gasteiger partial charge in [-0.25, -0.2) is 19.9 Å². The highest BCUT2D eigenvalue weighted by atomic mass is 16.3. The molecule has 0 saturated heterocycles. The lowest BCUT2D eigenvalue weighted by Gasteiger charge is -2.10. The van der Waals surface area contributed by atoms with E-state index in [9.17, 15) is 0 Å². The van der Waals surface area contributed by atoms with Crippen LogP contribution in [0.4, 0.5) is 0 Å². The fourth-order valence-corrected chi connectivity index (χ4v) is 2.96. The van der Waals surface area contributed by atoms with E-state index in [0.29, 0.717) is 24.9 Å². The van der Waals surface area contributed by atoms with Gasteiger partial charge in [0.05, 0.1) is 18.8 Å². The predicted molar refractivity (Wildman–Crippen MR) is 120 cm³/mol. The molecule has 0 radical (unpaired) electrons. The van der Waals surface area contributed by atoms with E-state index in [0.717, 1.165) is 29.2 Å². The number of benzene rings is 1. The fourth-order valence-electron chi connectivity index (χ4n) is 2.96. The molecule has 158 valence electrons. The number of guanidine groups is 1. The third kappa shape index (κ3) is 5.36. The van der Waals surface area contributed by atoms with Gasteiger partial charge in [0.1, 0.15) is 18.4 Å². The molecule has 4 aromatic rings. The Hall–Kier alpha value is -3.94. The van der Waals surface area contributed by atoms with Crippen molar-refractivity contribution in [3.05, 3.63) is 84.4 Å². The quantitative estimate of drug-likeness (QED) is 0.355. The summed E-state index contributed by atoms with van der Waals surface area (Å²) in [5.41, 5.74) is 4.00. The Balaban J connectivity index is 1.36. The molecule has 0 saturated carbocycles. The number of aromatic nitrogens is 4. The molecule has 0 fully saturated rings. The number of aryl methyl sites for hydroxylation is 1. The summed E-state index contributed by atoms with van der Waals surface area (Å²) in [7, 11) is 0. The minimum atomic E-state index is 0.513. The summed E-state index contributed by atoms with van der Waals surface area (Å²) in [6.45, 7) is 5.88. The molecule has 2 N–H and O–H groups in total. The third-order valence-electron chi connectivity index (χ3n) is 4.63. The average molecular weight is 416 g/mol. The Bertz CT molecular complexity index is 1110. The molecule has 4 rings (SSSR count). The SMILES string of the molecule is CCNC(=NCc1ccc(-n2ccnc2)nc1)NCc1coc(-c2ccc(C)cc2)n1. The van der Waals surface area contributed by atoms with Crippen molar-refractivity contribution < 1.29 is 4.42 Å². The molecule has 1 aromatic carbocycles. The van der Waals surface area contributed by atoms with Gasteiger partial charge in [0.2, 0.25) is 5.89 Å². The Kier molecular flexibility index (Phi) is 6.37. The van der Waals surface area contributed by atoms with E-state index in [1.54, 1.807) is 18.8 Å². The number of imidazole rings is 1. The van der Waals surface area contributed by atoms with E-state index < -0.39 is 0 Å². The Morgan fingerprint density at radius 2 is 2.00 bits per heavy atom. The minimum absolute atomic E-state index is 0.513. The minimum Gasteiger partial charge on any atom is -0.444 e. The van der Waals surface area contributed by atoms with Crippen LogP contribution < -0.4 is 10.6 Å². The van der Waals surface area contributed by atoms with Crippen LogP contribution in [0.3, 0.4) is 0 Å². The predicted octanol–water partition coefficient (Wildman–Crippen LogP) is 3.49. The summed E-state index contributed by atoms with van der Waals surface area (Å²) in [4.78, 5) is 17.7. The summed E-state index contributed by atoms with van der Waals surface area (Å²) in [5.74, 6) is 2.15. The van der Waals surface area contributed by atoms with Gasteiger partial charge in [0, 0.05) is 30.7 Å². The second-order valence-corrected chi connectivity index (χ2v) is 7.05. The standard InChI is InChI=1S/C23H25N7O/c1-3-25-23(27-13-18-6-9-21(26-12-18)30-11-10-24-16-30)28-14-20-15-31-22(29-20)19-7-4-17(2)5-8-19/h4-12,15-16H,3,13-14H2,1-2H3,(H2,25,27,28). The van der Waals surface area contributed by atoms with Gasteiger partial charge in [-0.3, -0.25) is 4.57 Å². The van der Waals surface area contributed by atoms with Gasteiger partial charge in [-0.2, -0.15) is 0 Å². The normalized spacial score (nSPS) is 11.5. The zero-order valence-electron chi connectivity index (χ0n) is 17.6. The third-order valence-corrected chi connectivity index (χ3v) is 4.63. The largest absolute Gasteiger partial charge is 0.444 e. The van der Waals surface area contributed by atoms with Gasteiger partial charge in [-0.1, -0.05) is 23.8 Å². The summed E-state index contributed by atoms with van der Waals surface area (Å²) in [6.07, 6.45) is 8.81. The molecule has 0 atom stereocenters. The van der Waals surface area contributed by atoms with Crippen molar-refractivity contribution in [3.63, 3.8) is 0 Å². The molecular formula is C23H25N7O. The van der Waals surface area contributed by atoms with Gasteiger partial charge in [0.15, 0.2) is 5.96 Å². The van der Waals surface area contributed by atoms with Crippen LogP contribution >= 0.6 is 0 Å². The van der Waals surface area contributed by atoms with E-state index in [1.807, 2.05) is 60.3 Å². The highest BCUT2D eigenvalue weighted by Gasteiger charge is 2.07. The molecule has 31 heavy (non-hydrogen) atoms. The van der Waals surface area contributed by atoms with Crippen LogP contribution in [0.1, 0.15) is 23.7 Å². The zero-order valence-corrected chi connectivity index (χ0v) is 17.6. The molecule has 0 spiro atoms. The van der Waals surface area contributed by atoms with Crippen LogP contribution in [-0.2, 0) is 13.1 Å². The zero-order chi connectivity index (χ0) is 21.5. The number of nitrogens with zero attached hydrogens (tertiary/aromatic N) is 5. The van der Waals surface area contributed by atoms with E-state index >= 15 is 0 Å². The molecule has 0 unspecified atom stereocenters. The smallest absolute Gasteiger partial charge is 0.226 e. The van der Waals surface area contributed by atoms with Crippen molar-refractivity contribution in [1.82, 2.24) is 30.2 Å². The second kappa shape index (κ2) is 9.71. The van der Waals surface area contributed by atoms with E-state index in [2.05, 4.69) is 37.5 Å². The first-order valence-corrected chi connectivity index (χ1v) is 10.2. The van der Waals surface area contributed by atoms with Crippen LogP contribution in [0, 0.1) is 6.92 Å². The van der Waals surface area contributed by atoms with Crippen molar-refractivity contribution in [2.75, 3.05) is 6.54 Å². The highest BCUT2D eigenvalue weighted by molar-refractivity contribution is 5.79. The van der Waals surface area contributed by atoms with E-state index in [4.69, 9.17) is 4.42 Å². The fraction of sp³-hybridized carbons (Fsp3) is 0.217. The Morgan fingerprint density at radius 3 is 2.71 bits per heavy atom. The molecule has 0 aliphatic carbocycles. The molecule has 0 aliphatic heterocycles. The van der Waals surface area contributed by atoms with Gasteiger partial charge in [-0.15, -0.1) is 0 Å². The van der Waals surface area contributed by atoms with Gasteiger partial charge < -0.3 is 15.1 Å². The number of aliphatic imine (C=N–C) groups is 1. The number of hydrogen-bond acceptors (Lipinski definition) is 5. The average Bonchev–Trinajstić information content (AvgIpc) is 3.49. The first kappa shape index (κ1) is 20.3. The maximum atomic E-state index is 5.63. The lowest BCUT2D eigenvalue weighted by molar-refractivity contribution is 0.572. The lowest BCUT2D eigenvalue weighted by Crippen LogP contribution is -2.36. The molecule has 8 heteroatoms. The van der Waals surface area contributed by atoms with Crippen molar-refractivity contribution in [2.24, 2.45) is 4.99 Å². The first-order chi connectivity index (χ1) is 15.2. The van der Waals surface area contributed by atoms with Crippen molar-refractivity contribution >= 4 is 5.96 Å². The van der Waals surface area contributed by atoms with Gasteiger partial charge in [0.25, 0.3) is 0 Å². The molecule has 0 bridgehead atoms. The number of pyridine rings is 1. The summed E-state index contributed by atoms with van der Waals surface area (Å²) in [6, 6.07) is 12.1. The maximum Gasteiger partial charge on any atom is 0.226 e. The monoisotopic (exact) mass is 415 g/mol.